The molecule has 0 saturated heterocycles. The molecule has 3 heteroatoms. The predicted octanol–water partition coefficient (Wildman–Crippen LogP) is 2.00. The number of rotatable bonds is 4. The summed E-state index contributed by atoms with van der Waals surface area (Å²) in [6.07, 6.45) is 0. The van der Waals surface area contributed by atoms with Crippen LogP contribution in [0.5, 0.6) is 11.5 Å². The second-order valence-corrected chi connectivity index (χ2v) is 3.01. The van der Waals surface area contributed by atoms with Crippen molar-refractivity contribution in [2.75, 3.05) is 21.3 Å². The molecule has 0 aliphatic carbocycles. The third kappa shape index (κ3) is 1.99. The predicted molar refractivity (Wildman–Crippen MR) is 56.0 cm³/mol. The van der Waals surface area contributed by atoms with E-state index in [9.17, 15) is 0 Å². The van der Waals surface area contributed by atoms with Crippen molar-refractivity contribution in [3.63, 3.8) is 0 Å². The van der Waals surface area contributed by atoms with Crippen LogP contribution < -0.4 is 14.8 Å². The standard InChI is InChI=1S/C11H16NO2/c1-8(12-2)11-9(13-3)6-5-7-10(11)14-4/h5-8H,1-4H3/t8-/m1/s1. The normalized spacial score (nSPS) is 12.3. The number of nitrogens with zero attached hydrogens (tertiary/aromatic N) is 1. The van der Waals surface area contributed by atoms with Crippen LogP contribution in [-0.2, 0) is 0 Å². The first-order valence-electron chi connectivity index (χ1n) is 4.54. The van der Waals surface area contributed by atoms with E-state index in [0.717, 1.165) is 17.1 Å². The topological polar surface area (TPSA) is 32.6 Å². The zero-order valence-electron chi connectivity index (χ0n) is 9.07. The Balaban J connectivity index is 3.18. The van der Waals surface area contributed by atoms with Crippen LogP contribution in [-0.4, -0.2) is 21.3 Å². The van der Waals surface area contributed by atoms with Crippen LogP contribution in [0.4, 0.5) is 0 Å². The van der Waals surface area contributed by atoms with E-state index in [4.69, 9.17) is 9.47 Å². The van der Waals surface area contributed by atoms with Crippen LogP contribution in [0.25, 0.3) is 0 Å². The molecule has 0 aliphatic heterocycles. The molecule has 1 radical (unpaired) electrons. The molecule has 0 unspecified atom stereocenters. The van der Waals surface area contributed by atoms with Crippen molar-refractivity contribution >= 4 is 0 Å². The molecule has 0 heterocycles. The first-order chi connectivity index (χ1) is 6.74. The minimum atomic E-state index is 0.0844. The Kier molecular flexibility index (Phi) is 3.77. The second-order valence-electron chi connectivity index (χ2n) is 3.01. The maximum atomic E-state index is 5.27. The van der Waals surface area contributed by atoms with Gasteiger partial charge in [-0.25, -0.2) is 5.32 Å². The fourth-order valence-electron chi connectivity index (χ4n) is 1.42. The van der Waals surface area contributed by atoms with E-state index in [2.05, 4.69) is 5.32 Å². The van der Waals surface area contributed by atoms with Crippen molar-refractivity contribution in [1.82, 2.24) is 5.32 Å². The molecule has 0 bridgehead atoms. The summed E-state index contributed by atoms with van der Waals surface area (Å²) >= 11 is 0. The van der Waals surface area contributed by atoms with E-state index in [-0.39, 0.29) is 6.04 Å². The Labute approximate surface area is 85.0 Å². The summed E-state index contributed by atoms with van der Waals surface area (Å²) in [6.45, 7) is 2.01. The van der Waals surface area contributed by atoms with Crippen LogP contribution in [0, 0.1) is 0 Å². The zero-order valence-corrected chi connectivity index (χ0v) is 9.07. The molecule has 0 N–H and O–H groups in total. The van der Waals surface area contributed by atoms with Gasteiger partial charge in [0.2, 0.25) is 0 Å². The highest BCUT2D eigenvalue weighted by atomic mass is 16.5. The van der Waals surface area contributed by atoms with Crippen molar-refractivity contribution in [2.24, 2.45) is 0 Å². The quantitative estimate of drug-likeness (QED) is 0.734. The Morgan fingerprint density at radius 3 is 2.00 bits per heavy atom. The summed E-state index contributed by atoms with van der Waals surface area (Å²) in [7, 11) is 5.10. The average molecular weight is 194 g/mol. The van der Waals surface area contributed by atoms with E-state index in [0.29, 0.717) is 0 Å². The number of hydrogen-bond donors (Lipinski definition) is 0. The Morgan fingerprint density at radius 1 is 1.14 bits per heavy atom. The lowest BCUT2D eigenvalue weighted by Gasteiger charge is -2.17. The van der Waals surface area contributed by atoms with Crippen LogP contribution >= 0.6 is 0 Å². The van der Waals surface area contributed by atoms with Gasteiger partial charge in [-0.2, -0.15) is 0 Å². The highest BCUT2D eigenvalue weighted by Gasteiger charge is 2.15. The molecular weight excluding hydrogens is 178 g/mol. The monoisotopic (exact) mass is 194 g/mol. The molecule has 3 nitrogen and oxygen atoms in total. The summed E-state index contributed by atoms with van der Waals surface area (Å²) in [5, 5.41) is 4.22. The third-order valence-electron chi connectivity index (χ3n) is 2.27. The minimum Gasteiger partial charge on any atom is -0.496 e. The maximum absolute atomic E-state index is 5.27. The molecule has 1 aromatic carbocycles. The van der Waals surface area contributed by atoms with E-state index in [1.165, 1.54) is 0 Å². The van der Waals surface area contributed by atoms with Gasteiger partial charge in [0.15, 0.2) is 0 Å². The van der Waals surface area contributed by atoms with Crippen LogP contribution in [0.1, 0.15) is 18.5 Å². The van der Waals surface area contributed by atoms with Crippen molar-refractivity contribution in [3.05, 3.63) is 23.8 Å². The molecule has 0 fully saturated rings. The van der Waals surface area contributed by atoms with Crippen molar-refractivity contribution in [3.8, 4) is 11.5 Å². The smallest absolute Gasteiger partial charge is 0.127 e. The number of ether oxygens (including phenoxy) is 2. The number of benzene rings is 1. The molecular formula is C11H16NO2. The molecule has 1 atom stereocenters. The Bertz CT molecular complexity index is 277. The van der Waals surface area contributed by atoms with Gasteiger partial charge in [-0.3, -0.25) is 0 Å². The van der Waals surface area contributed by atoms with E-state index < -0.39 is 0 Å². The molecule has 1 rings (SSSR count). The minimum absolute atomic E-state index is 0.0844. The van der Waals surface area contributed by atoms with Gasteiger partial charge in [-0.15, -0.1) is 0 Å². The zero-order chi connectivity index (χ0) is 10.6. The Morgan fingerprint density at radius 2 is 1.64 bits per heavy atom. The SMILES string of the molecule is C[N][C@H](C)c1c(OC)cccc1OC. The van der Waals surface area contributed by atoms with Gasteiger partial charge in [-0.1, -0.05) is 6.07 Å². The molecule has 1 aromatic rings. The van der Waals surface area contributed by atoms with Crippen LogP contribution in [0.3, 0.4) is 0 Å². The lowest BCUT2D eigenvalue weighted by atomic mass is 10.1. The lowest BCUT2D eigenvalue weighted by molar-refractivity contribution is 0.376. The number of hydrogen-bond acceptors (Lipinski definition) is 2. The van der Waals surface area contributed by atoms with Gasteiger partial charge in [0.1, 0.15) is 11.5 Å². The highest BCUT2D eigenvalue weighted by molar-refractivity contribution is 5.46. The molecule has 0 amide bonds. The summed E-state index contributed by atoms with van der Waals surface area (Å²) in [5.41, 5.74) is 1.00. The molecule has 0 spiro atoms. The van der Waals surface area contributed by atoms with Crippen LogP contribution in [0.2, 0.25) is 0 Å². The summed E-state index contributed by atoms with van der Waals surface area (Å²) in [5.74, 6) is 1.64. The van der Waals surface area contributed by atoms with Gasteiger partial charge in [0.25, 0.3) is 0 Å². The van der Waals surface area contributed by atoms with Crippen molar-refractivity contribution in [1.29, 1.82) is 0 Å². The summed E-state index contributed by atoms with van der Waals surface area (Å²) in [6, 6.07) is 5.82. The van der Waals surface area contributed by atoms with Gasteiger partial charge in [-0.05, 0) is 19.1 Å². The fraction of sp³-hybridized carbons (Fsp3) is 0.455. The first-order valence-corrected chi connectivity index (χ1v) is 4.54. The molecule has 0 aliphatic rings. The van der Waals surface area contributed by atoms with Crippen molar-refractivity contribution in [2.45, 2.75) is 13.0 Å². The third-order valence-corrected chi connectivity index (χ3v) is 2.27. The molecule has 0 saturated carbocycles. The average Bonchev–Trinajstić information content (AvgIpc) is 2.26. The van der Waals surface area contributed by atoms with E-state index in [1.807, 2.05) is 25.1 Å². The van der Waals surface area contributed by atoms with Gasteiger partial charge in [0.05, 0.1) is 25.8 Å². The highest BCUT2D eigenvalue weighted by Crippen LogP contribution is 2.33. The van der Waals surface area contributed by atoms with Crippen molar-refractivity contribution < 1.29 is 9.47 Å². The van der Waals surface area contributed by atoms with E-state index >= 15 is 0 Å². The number of methoxy groups -OCH3 is 2. The van der Waals surface area contributed by atoms with Crippen LogP contribution in [0.15, 0.2) is 18.2 Å². The molecule has 77 valence electrons. The fourth-order valence-corrected chi connectivity index (χ4v) is 1.42. The summed E-state index contributed by atoms with van der Waals surface area (Å²) < 4.78 is 10.5. The molecule has 14 heavy (non-hydrogen) atoms. The summed E-state index contributed by atoms with van der Waals surface area (Å²) in [4.78, 5) is 0. The largest absolute Gasteiger partial charge is 0.496 e. The first kappa shape index (κ1) is 10.9. The molecule has 0 aromatic heterocycles. The van der Waals surface area contributed by atoms with E-state index in [1.54, 1.807) is 21.3 Å². The van der Waals surface area contributed by atoms with Gasteiger partial charge < -0.3 is 9.47 Å². The van der Waals surface area contributed by atoms with Gasteiger partial charge in [0, 0.05) is 7.05 Å². The second kappa shape index (κ2) is 4.86. The maximum Gasteiger partial charge on any atom is 0.127 e. The van der Waals surface area contributed by atoms with Gasteiger partial charge >= 0.3 is 0 Å². The Hall–Kier alpha value is -1.22. The lowest BCUT2D eigenvalue weighted by Crippen LogP contribution is -2.08.